The Hall–Kier alpha value is -3.39. The van der Waals surface area contributed by atoms with Crippen molar-refractivity contribution in [3.05, 3.63) is 78.2 Å². The van der Waals surface area contributed by atoms with Gasteiger partial charge in [-0.15, -0.1) is 11.8 Å². The van der Waals surface area contributed by atoms with Gasteiger partial charge >= 0.3 is 6.03 Å². The van der Waals surface area contributed by atoms with E-state index in [0.29, 0.717) is 24.3 Å². The third-order valence-corrected chi connectivity index (χ3v) is 5.37. The Bertz CT molecular complexity index is 1010. The molecule has 0 atom stereocenters. The van der Waals surface area contributed by atoms with Gasteiger partial charge in [0.1, 0.15) is 5.03 Å². The molecule has 2 aromatic heterocycles. The summed E-state index contributed by atoms with van der Waals surface area (Å²) < 4.78 is 0. The summed E-state index contributed by atoms with van der Waals surface area (Å²) in [7, 11) is 0. The minimum atomic E-state index is -0.216. The zero-order valence-electron chi connectivity index (χ0n) is 15.5. The van der Waals surface area contributed by atoms with E-state index >= 15 is 0 Å². The molecule has 3 aromatic rings. The Balaban J connectivity index is 1.37. The molecule has 1 aliphatic rings. The van der Waals surface area contributed by atoms with Crippen LogP contribution in [0.3, 0.4) is 0 Å². The second kappa shape index (κ2) is 8.74. The van der Waals surface area contributed by atoms with Crippen LogP contribution in [0.5, 0.6) is 0 Å². The molecule has 8 heteroatoms. The number of carbonyl (C=O) groups excluding carboxylic acids is 2. The minimum absolute atomic E-state index is 0.193. The van der Waals surface area contributed by atoms with Crippen molar-refractivity contribution in [3.8, 4) is 0 Å². The van der Waals surface area contributed by atoms with Crippen LogP contribution in [0.25, 0.3) is 0 Å². The van der Waals surface area contributed by atoms with Crippen molar-refractivity contribution in [3.63, 3.8) is 0 Å². The molecule has 29 heavy (non-hydrogen) atoms. The van der Waals surface area contributed by atoms with Gasteiger partial charge in [0.05, 0.1) is 17.9 Å². The molecule has 0 bridgehead atoms. The van der Waals surface area contributed by atoms with Crippen LogP contribution in [0.1, 0.15) is 16.1 Å². The quantitative estimate of drug-likeness (QED) is 0.693. The van der Waals surface area contributed by atoms with Gasteiger partial charge in [0, 0.05) is 35.9 Å². The fourth-order valence-electron chi connectivity index (χ4n) is 2.94. The first-order chi connectivity index (χ1) is 14.2. The SMILES string of the molecule is O=C(NCc1ccccn1)c1ccc(NC(=O)N2CCSc3ncccc32)cc1. The van der Waals surface area contributed by atoms with E-state index in [0.717, 1.165) is 22.2 Å². The van der Waals surface area contributed by atoms with Gasteiger partial charge in [-0.05, 0) is 48.5 Å². The Morgan fingerprint density at radius 1 is 1.00 bits per heavy atom. The fourth-order valence-corrected chi connectivity index (χ4v) is 3.86. The number of nitrogens with one attached hydrogen (secondary N) is 2. The van der Waals surface area contributed by atoms with E-state index in [4.69, 9.17) is 0 Å². The van der Waals surface area contributed by atoms with Crippen molar-refractivity contribution in [2.24, 2.45) is 0 Å². The molecule has 1 aromatic carbocycles. The van der Waals surface area contributed by atoms with Crippen LogP contribution in [0.2, 0.25) is 0 Å². The van der Waals surface area contributed by atoms with Crippen LogP contribution in [-0.2, 0) is 6.54 Å². The topological polar surface area (TPSA) is 87.2 Å². The summed E-state index contributed by atoms with van der Waals surface area (Å²) in [5, 5.41) is 6.57. The predicted molar refractivity (Wildman–Crippen MR) is 113 cm³/mol. The lowest BCUT2D eigenvalue weighted by Gasteiger charge is -2.28. The number of anilines is 2. The summed E-state index contributed by atoms with van der Waals surface area (Å²) in [6, 6.07) is 15.9. The number of benzene rings is 1. The van der Waals surface area contributed by atoms with Crippen LogP contribution < -0.4 is 15.5 Å². The number of hydrogen-bond acceptors (Lipinski definition) is 5. The number of nitrogens with zero attached hydrogens (tertiary/aromatic N) is 3. The highest BCUT2D eigenvalue weighted by molar-refractivity contribution is 7.99. The molecule has 4 rings (SSSR count). The van der Waals surface area contributed by atoms with Gasteiger partial charge in [0.2, 0.25) is 0 Å². The van der Waals surface area contributed by atoms with Crippen LogP contribution in [0, 0.1) is 0 Å². The van der Waals surface area contributed by atoms with Gasteiger partial charge in [-0.3, -0.25) is 14.7 Å². The number of rotatable bonds is 4. The lowest BCUT2D eigenvalue weighted by atomic mass is 10.2. The molecular weight excluding hydrogens is 386 g/mol. The van der Waals surface area contributed by atoms with Gasteiger partial charge in [-0.2, -0.15) is 0 Å². The number of pyridine rings is 2. The molecule has 0 fully saturated rings. The highest BCUT2D eigenvalue weighted by atomic mass is 32.2. The van der Waals surface area contributed by atoms with Crippen molar-refractivity contribution in [2.75, 3.05) is 22.5 Å². The lowest BCUT2D eigenvalue weighted by Crippen LogP contribution is -2.38. The number of carbonyl (C=O) groups is 2. The zero-order valence-corrected chi connectivity index (χ0v) is 16.4. The normalized spacial score (nSPS) is 12.8. The largest absolute Gasteiger partial charge is 0.346 e. The molecule has 0 spiro atoms. The maximum atomic E-state index is 12.7. The van der Waals surface area contributed by atoms with E-state index < -0.39 is 0 Å². The number of aromatic nitrogens is 2. The van der Waals surface area contributed by atoms with Gasteiger partial charge in [0.15, 0.2) is 0 Å². The number of amides is 3. The standard InChI is InChI=1S/C21H19N5O2S/c27-19(24-14-17-4-1-2-10-22-17)15-6-8-16(9-7-15)25-21(28)26-12-13-29-20-18(26)5-3-11-23-20/h1-11H,12-14H2,(H,24,27)(H,25,28). The number of fused-ring (bicyclic) bond motifs is 1. The van der Waals surface area contributed by atoms with E-state index in [2.05, 4.69) is 20.6 Å². The first-order valence-corrected chi connectivity index (χ1v) is 10.1. The van der Waals surface area contributed by atoms with Crippen LogP contribution >= 0.6 is 11.8 Å². The highest BCUT2D eigenvalue weighted by Gasteiger charge is 2.23. The average molecular weight is 405 g/mol. The van der Waals surface area contributed by atoms with E-state index in [1.54, 1.807) is 53.3 Å². The molecule has 1 aliphatic heterocycles. The molecule has 0 saturated heterocycles. The fraction of sp³-hybridized carbons (Fsp3) is 0.143. The van der Waals surface area contributed by atoms with Crippen LogP contribution in [-0.4, -0.2) is 34.2 Å². The van der Waals surface area contributed by atoms with Gasteiger partial charge in [0.25, 0.3) is 5.91 Å². The van der Waals surface area contributed by atoms with Crippen molar-refractivity contribution >= 4 is 35.1 Å². The van der Waals surface area contributed by atoms with Crippen molar-refractivity contribution < 1.29 is 9.59 Å². The van der Waals surface area contributed by atoms with Crippen molar-refractivity contribution in [1.82, 2.24) is 15.3 Å². The van der Waals surface area contributed by atoms with E-state index in [9.17, 15) is 9.59 Å². The van der Waals surface area contributed by atoms with E-state index in [1.807, 2.05) is 30.3 Å². The molecule has 2 N–H and O–H groups in total. The summed E-state index contributed by atoms with van der Waals surface area (Å²) in [6.45, 7) is 0.974. The summed E-state index contributed by atoms with van der Waals surface area (Å²) in [6.07, 6.45) is 3.42. The maximum Gasteiger partial charge on any atom is 0.326 e. The smallest absolute Gasteiger partial charge is 0.326 e. The third kappa shape index (κ3) is 4.55. The zero-order chi connectivity index (χ0) is 20.1. The molecule has 0 aliphatic carbocycles. The number of thioether (sulfide) groups is 1. The monoisotopic (exact) mass is 405 g/mol. The molecule has 146 valence electrons. The lowest BCUT2D eigenvalue weighted by molar-refractivity contribution is 0.0950. The molecule has 0 radical (unpaired) electrons. The molecule has 0 unspecified atom stereocenters. The molecule has 7 nitrogen and oxygen atoms in total. The summed E-state index contributed by atoms with van der Waals surface area (Å²) in [5.74, 6) is 0.605. The van der Waals surface area contributed by atoms with Crippen LogP contribution in [0.4, 0.5) is 16.2 Å². The predicted octanol–water partition coefficient (Wildman–Crippen LogP) is 3.55. The molecule has 3 amide bonds. The number of hydrogen-bond donors (Lipinski definition) is 2. The average Bonchev–Trinajstić information content (AvgIpc) is 2.78. The maximum absolute atomic E-state index is 12.7. The summed E-state index contributed by atoms with van der Waals surface area (Å²) in [4.78, 5) is 35.2. The highest BCUT2D eigenvalue weighted by Crippen LogP contribution is 2.32. The molecular formula is C21H19N5O2S. The Kier molecular flexibility index (Phi) is 5.71. The first kappa shape index (κ1) is 18.9. The van der Waals surface area contributed by atoms with E-state index in [1.165, 1.54) is 0 Å². The Morgan fingerprint density at radius 3 is 2.62 bits per heavy atom. The van der Waals surface area contributed by atoms with Crippen LogP contribution in [0.15, 0.2) is 72.0 Å². The van der Waals surface area contributed by atoms with Gasteiger partial charge in [-0.1, -0.05) is 6.07 Å². The van der Waals surface area contributed by atoms with E-state index in [-0.39, 0.29) is 11.9 Å². The van der Waals surface area contributed by atoms with Gasteiger partial charge < -0.3 is 10.6 Å². The molecule has 0 saturated carbocycles. The minimum Gasteiger partial charge on any atom is -0.346 e. The molecule has 3 heterocycles. The second-order valence-corrected chi connectivity index (χ2v) is 7.42. The van der Waals surface area contributed by atoms with Gasteiger partial charge in [-0.25, -0.2) is 9.78 Å². The Labute approximate surface area is 172 Å². The number of urea groups is 1. The first-order valence-electron chi connectivity index (χ1n) is 9.15. The van der Waals surface area contributed by atoms with Crippen molar-refractivity contribution in [2.45, 2.75) is 11.6 Å². The third-order valence-electron chi connectivity index (χ3n) is 4.40. The summed E-state index contributed by atoms with van der Waals surface area (Å²) >= 11 is 1.64. The van der Waals surface area contributed by atoms with Crippen molar-refractivity contribution in [1.29, 1.82) is 0 Å². The summed E-state index contributed by atoms with van der Waals surface area (Å²) in [5.41, 5.74) is 2.74. The second-order valence-electron chi connectivity index (χ2n) is 6.34. The Morgan fingerprint density at radius 2 is 1.83 bits per heavy atom.